The zero-order valence-electron chi connectivity index (χ0n) is 36.2. The van der Waals surface area contributed by atoms with Gasteiger partial charge in [-0.3, -0.25) is 0 Å². The number of benzene rings is 11. The molecule has 2 heterocycles. The van der Waals surface area contributed by atoms with E-state index in [9.17, 15) is 0 Å². The molecule has 0 N–H and O–H groups in total. The highest BCUT2D eigenvalue weighted by atomic mass is 15.0. The zero-order chi connectivity index (χ0) is 43.0. The summed E-state index contributed by atoms with van der Waals surface area (Å²) in [4.78, 5) is 0. The number of aromatic nitrogens is 2. The average Bonchev–Trinajstić information content (AvgIpc) is 3.96. The topological polar surface area (TPSA) is 9.86 Å². The molecule has 304 valence electrons. The fraction of sp³-hybridized carbons (Fsp3) is 0.0476. The molecule has 2 aromatic heterocycles. The highest BCUT2D eigenvalue weighted by molar-refractivity contribution is 6.30. The fourth-order valence-corrected chi connectivity index (χ4v) is 11.8. The molecule has 0 amide bonds. The van der Waals surface area contributed by atoms with Crippen molar-refractivity contribution in [1.82, 2.24) is 9.13 Å². The molecule has 0 unspecified atom stereocenters. The molecule has 65 heavy (non-hydrogen) atoms. The van der Waals surface area contributed by atoms with Gasteiger partial charge in [0.2, 0.25) is 0 Å². The van der Waals surface area contributed by atoms with Crippen LogP contribution in [-0.4, -0.2) is 9.13 Å². The molecule has 2 heteroatoms. The molecule has 1 aliphatic carbocycles. The maximum absolute atomic E-state index is 2.51. The predicted molar refractivity (Wildman–Crippen MR) is 276 cm³/mol. The molecule has 1 aliphatic rings. The Morgan fingerprint density at radius 3 is 1.46 bits per heavy atom. The summed E-state index contributed by atoms with van der Waals surface area (Å²) >= 11 is 0. The summed E-state index contributed by atoms with van der Waals surface area (Å²) in [6, 6.07) is 81.4. The van der Waals surface area contributed by atoms with Gasteiger partial charge in [-0.05, 0) is 132 Å². The van der Waals surface area contributed by atoms with Crippen molar-refractivity contribution >= 4 is 75.9 Å². The zero-order valence-corrected chi connectivity index (χ0v) is 36.2. The molecule has 14 rings (SSSR count). The quantitative estimate of drug-likeness (QED) is 0.156. The summed E-state index contributed by atoms with van der Waals surface area (Å²) in [5, 5.41) is 12.6. The highest BCUT2D eigenvalue weighted by Gasteiger charge is 2.35. The molecule has 0 radical (unpaired) electrons. The molecule has 0 saturated heterocycles. The second kappa shape index (κ2) is 13.4. The fourth-order valence-electron chi connectivity index (χ4n) is 11.8. The monoisotopic (exact) mass is 826 g/mol. The van der Waals surface area contributed by atoms with Gasteiger partial charge in [0.1, 0.15) is 0 Å². The molecule has 11 aromatic carbocycles. The van der Waals surface area contributed by atoms with Gasteiger partial charge >= 0.3 is 0 Å². The first-order chi connectivity index (χ1) is 32.0. The molecular weight excluding hydrogens is 785 g/mol. The van der Waals surface area contributed by atoms with Crippen LogP contribution in [0.1, 0.15) is 25.0 Å². The van der Waals surface area contributed by atoms with E-state index in [1.807, 2.05) is 0 Å². The Morgan fingerprint density at radius 2 is 0.769 bits per heavy atom. The first-order valence-electron chi connectivity index (χ1n) is 22.8. The van der Waals surface area contributed by atoms with Gasteiger partial charge in [-0.1, -0.05) is 172 Å². The first kappa shape index (κ1) is 36.3. The Bertz CT molecular complexity index is 4100. The molecule has 2 nitrogen and oxygen atoms in total. The SMILES string of the molecule is CC1(C)c2ccccc2-c2ccc(-c3cccc4c5cccc(-n6c7ccccc7c7cc(-c8ccc9c(c8)c8ccccc8n9-c8ccccc8)ccc76)c5c5ccccc5c34)cc21. The van der Waals surface area contributed by atoms with Crippen LogP contribution in [0.25, 0.3) is 121 Å². The Kier molecular flexibility index (Phi) is 7.49. The normalized spacial score (nSPS) is 13.2. The molecule has 0 fully saturated rings. The van der Waals surface area contributed by atoms with Gasteiger partial charge in [0.25, 0.3) is 0 Å². The molecular formula is C63H42N2. The van der Waals surface area contributed by atoms with E-state index in [2.05, 4.69) is 241 Å². The molecule has 0 atom stereocenters. The van der Waals surface area contributed by atoms with E-state index in [1.54, 1.807) is 0 Å². The van der Waals surface area contributed by atoms with Crippen molar-refractivity contribution < 1.29 is 0 Å². The van der Waals surface area contributed by atoms with Crippen molar-refractivity contribution in [2.75, 3.05) is 0 Å². The Morgan fingerprint density at radius 1 is 0.292 bits per heavy atom. The summed E-state index contributed by atoms with van der Waals surface area (Å²) in [7, 11) is 0. The minimum Gasteiger partial charge on any atom is -0.309 e. The minimum atomic E-state index is -0.0723. The number of hydrogen-bond acceptors (Lipinski definition) is 0. The summed E-state index contributed by atoms with van der Waals surface area (Å²) in [5.74, 6) is 0. The first-order valence-corrected chi connectivity index (χ1v) is 22.8. The Balaban J connectivity index is 0.967. The minimum absolute atomic E-state index is 0.0723. The van der Waals surface area contributed by atoms with Crippen molar-refractivity contribution in [3.05, 3.63) is 230 Å². The summed E-state index contributed by atoms with van der Waals surface area (Å²) in [5.41, 5.74) is 17.6. The summed E-state index contributed by atoms with van der Waals surface area (Å²) < 4.78 is 4.89. The van der Waals surface area contributed by atoms with Crippen LogP contribution >= 0.6 is 0 Å². The van der Waals surface area contributed by atoms with Crippen molar-refractivity contribution in [3.63, 3.8) is 0 Å². The Hall–Kier alpha value is -8.20. The van der Waals surface area contributed by atoms with Gasteiger partial charge in [-0.15, -0.1) is 0 Å². The van der Waals surface area contributed by atoms with Gasteiger partial charge < -0.3 is 9.13 Å². The van der Waals surface area contributed by atoms with E-state index in [4.69, 9.17) is 0 Å². The van der Waals surface area contributed by atoms with Crippen molar-refractivity contribution in [2.24, 2.45) is 0 Å². The lowest BCUT2D eigenvalue weighted by molar-refractivity contribution is 0.660. The predicted octanol–water partition coefficient (Wildman–Crippen LogP) is 17.0. The maximum atomic E-state index is 2.51. The second-order valence-corrected chi connectivity index (χ2v) is 18.4. The van der Waals surface area contributed by atoms with Crippen LogP contribution in [0.2, 0.25) is 0 Å². The second-order valence-electron chi connectivity index (χ2n) is 18.4. The van der Waals surface area contributed by atoms with Crippen LogP contribution in [0.4, 0.5) is 0 Å². The van der Waals surface area contributed by atoms with Gasteiger partial charge in [0, 0.05) is 38.0 Å². The van der Waals surface area contributed by atoms with Crippen LogP contribution in [0.15, 0.2) is 218 Å². The molecule has 0 bridgehead atoms. The van der Waals surface area contributed by atoms with Gasteiger partial charge in [0.05, 0.1) is 27.8 Å². The largest absolute Gasteiger partial charge is 0.309 e. The highest BCUT2D eigenvalue weighted by Crippen LogP contribution is 2.51. The lowest BCUT2D eigenvalue weighted by atomic mass is 9.81. The van der Waals surface area contributed by atoms with Crippen LogP contribution in [0.5, 0.6) is 0 Å². The average molecular weight is 827 g/mol. The number of para-hydroxylation sites is 3. The molecule has 0 aliphatic heterocycles. The van der Waals surface area contributed by atoms with Crippen LogP contribution in [0, 0.1) is 0 Å². The number of nitrogens with zero attached hydrogens (tertiary/aromatic N) is 2. The van der Waals surface area contributed by atoms with E-state index in [1.165, 1.54) is 132 Å². The third-order valence-electron chi connectivity index (χ3n) is 14.7. The summed E-state index contributed by atoms with van der Waals surface area (Å²) in [6.45, 7) is 4.74. The third kappa shape index (κ3) is 5.05. The van der Waals surface area contributed by atoms with Gasteiger partial charge in [-0.2, -0.15) is 0 Å². The lowest BCUT2D eigenvalue weighted by Crippen LogP contribution is -2.14. The van der Waals surface area contributed by atoms with Crippen molar-refractivity contribution in [1.29, 1.82) is 0 Å². The smallest absolute Gasteiger partial charge is 0.0547 e. The Labute approximate surface area is 376 Å². The number of rotatable bonds is 4. The lowest BCUT2D eigenvalue weighted by Gasteiger charge is -2.22. The van der Waals surface area contributed by atoms with Crippen LogP contribution in [0.3, 0.4) is 0 Å². The van der Waals surface area contributed by atoms with E-state index in [0.29, 0.717) is 0 Å². The third-order valence-corrected chi connectivity index (χ3v) is 14.7. The van der Waals surface area contributed by atoms with E-state index < -0.39 is 0 Å². The maximum Gasteiger partial charge on any atom is 0.0547 e. The molecule has 13 aromatic rings. The van der Waals surface area contributed by atoms with Gasteiger partial charge in [-0.25, -0.2) is 0 Å². The standard InChI is InChI=1S/C63H42N2/c1-63(2)54-26-11-8-18-44(54)45-33-30-41(38-55(45)63)43-23-14-24-49-51-25-15-29-60(62(51)50-22-7-6-21-48(50)61(43)49)65-57-28-13-10-20-47(57)53-37-40(32-35-59(53)65)39-31-34-58-52(36-39)46-19-9-12-27-56(46)64(58)42-16-4-3-5-17-42/h3-38H,1-2H3. The molecule has 0 spiro atoms. The van der Waals surface area contributed by atoms with Gasteiger partial charge in [0.15, 0.2) is 0 Å². The van der Waals surface area contributed by atoms with Crippen LogP contribution < -0.4 is 0 Å². The van der Waals surface area contributed by atoms with Crippen molar-refractivity contribution in [3.8, 4) is 44.8 Å². The van der Waals surface area contributed by atoms with E-state index in [0.717, 1.165) is 0 Å². The molecule has 0 saturated carbocycles. The van der Waals surface area contributed by atoms with E-state index >= 15 is 0 Å². The van der Waals surface area contributed by atoms with E-state index in [-0.39, 0.29) is 5.41 Å². The number of fused-ring (bicyclic) bond motifs is 15. The van der Waals surface area contributed by atoms with Crippen molar-refractivity contribution in [2.45, 2.75) is 19.3 Å². The summed E-state index contributed by atoms with van der Waals surface area (Å²) in [6.07, 6.45) is 0. The number of hydrogen-bond donors (Lipinski definition) is 0. The van der Waals surface area contributed by atoms with Crippen LogP contribution in [-0.2, 0) is 5.41 Å².